The van der Waals surface area contributed by atoms with E-state index in [2.05, 4.69) is 29.0 Å². The molecule has 2 aromatic carbocycles. The number of aromatic nitrogens is 1. The summed E-state index contributed by atoms with van der Waals surface area (Å²) in [6.07, 6.45) is 6.32. The number of sulfonamides is 1. The van der Waals surface area contributed by atoms with Gasteiger partial charge < -0.3 is 14.7 Å². The predicted molar refractivity (Wildman–Crippen MR) is 175 cm³/mol. The van der Waals surface area contributed by atoms with Crippen LogP contribution in [0, 0.1) is 19.8 Å². The Kier molecular flexibility index (Phi) is 13.0. The number of benzene rings is 2. The van der Waals surface area contributed by atoms with E-state index < -0.39 is 16.1 Å². The molecular weight excluding hydrogens is 576 g/mol. The van der Waals surface area contributed by atoms with Crippen molar-refractivity contribution in [2.75, 3.05) is 11.3 Å². The molecule has 0 fully saturated rings. The highest BCUT2D eigenvalue weighted by Crippen LogP contribution is 2.30. The fourth-order valence-corrected chi connectivity index (χ4v) is 6.40. The number of amides is 2. The van der Waals surface area contributed by atoms with Gasteiger partial charge in [-0.3, -0.25) is 9.59 Å². The Bertz CT molecular complexity index is 1480. The molecule has 9 nitrogen and oxygen atoms in total. The second-order valence-electron chi connectivity index (χ2n) is 11.7. The SMILES string of the molecule is CCCCCCN(C(=O)CCCC)[C@H](C(=O)NCc1ccc(-c2ccccc2S(=O)(=O)Nc2onc(C)c2C)cc1)C(C)C. The lowest BCUT2D eigenvalue weighted by molar-refractivity contribution is -0.142. The number of anilines is 1. The van der Waals surface area contributed by atoms with E-state index in [4.69, 9.17) is 4.52 Å². The molecule has 0 aliphatic heterocycles. The highest BCUT2D eigenvalue weighted by atomic mass is 32.2. The minimum Gasteiger partial charge on any atom is -0.350 e. The number of carbonyl (C=O) groups is 2. The number of rotatable bonds is 17. The van der Waals surface area contributed by atoms with Crippen molar-refractivity contribution in [1.82, 2.24) is 15.4 Å². The quantitative estimate of drug-likeness (QED) is 0.156. The van der Waals surface area contributed by atoms with Crippen LogP contribution >= 0.6 is 0 Å². The fourth-order valence-electron chi connectivity index (χ4n) is 5.13. The Balaban J connectivity index is 1.74. The summed E-state index contributed by atoms with van der Waals surface area (Å²) in [7, 11) is -3.96. The maximum absolute atomic E-state index is 13.5. The van der Waals surface area contributed by atoms with E-state index in [-0.39, 0.29) is 28.5 Å². The van der Waals surface area contributed by atoms with Gasteiger partial charge in [-0.15, -0.1) is 0 Å². The van der Waals surface area contributed by atoms with Crippen molar-refractivity contribution in [3.63, 3.8) is 0 Å². The van der Waals surface area contributed by atoms with Gasteiger partial charge in [0, 0.05) is 30.6 Å². The van der Waals surface area contributed by atoms with Gasteiger partial charge in [-0.25, -0.2) is 13.1 Å². The molecule has 0 bridgehead atoms. The average molecular weight is 625 g/mol. The maximum atomic E-state index is 13.5. The number of hydrogen-bond acceptors (Lipinski definition) is 6. The number of unbranched alkanes of at least 4 members (excludes halogenated alkanes) is 4. The van der Waals surface area contributed by atoms with Crippen molar-refractivity contribution in [2.24, 2.45) is 5.92 Å². The first kappa shape index (κ1) is 34.8. The summed E-state index contributed by atoms with van der Waals surface area (Å²) in [5.74, 6) is -0.0660. The Morgan fingerprint density at radius 1 is 0.932 bits per heavy atom. The zero-order chi connectivity index (χ0) is 32.3. The number of aryl methyl sites for hydroxylation is 1. The zero-order valence-corrected chi connectivity index (χ0v) is 27.8. The number of carbonyl (C=O) groups excluding carboxylic acids is 2. The van der Waals surface area contributed by atoms with Crippen molar-refractivity contribution in [2.45, 2.75) is 104 Å². The van der Waals surface area contributed by atoms with Crippen LogP contribution in [0.25, 0.3) is 11.1 Å². The predicted octanol–water partition coefficient (Wildman–Crippen LogP) is 7.00. The van der Waals surface area contributed by atoms with E-state index in [0.717, 1.165) is 44.1 Å². The van der Waals surface area contributed by atoms with E-state index in [1.165, 1.54) is 0 Å². The molecule has 0 unspecified atom stereocenters. The topological polar surface area (TPSA) is 122 Å². The molecule has 0 saturated heterocycles. The lowest BCUT2D eigenvalue weighted by Crippen LogP contribution is -2.52. The third-order valence-electron chi connectivity index (χ3n) is 7.85. The lowest BCUT2D eigenvalue weighted by Gasteiger charge is -2.34. The summed E-state index contributed by atoms with van der Waals surface area (Å²) in [4.78, 5) is 28.6. The number of nitrogens with one attached hydrogen (secondary N) is 2. The van der Waals surface area contributed by atoms with E-state index in [1.54, 1.807) is 43.0 Å². The molecule has 44 heavy (non-hydrogen) atoms. The van der Waals surface area contributed by atoms with Gasteiger partial charge in [0.1, 0.15) is 6.04 Å². The molecule has 2 N–H and O–H groups in total. The maximum Gasteiger partial charge on any atom is 0.264 e. The Hall–Kier alpha value is -3.66. The smallest absolute Gasteiger partial charge is 0.264 e. The molecule has 1 aromatic heterocycles. The fraction of sp³-hybridized carbons (Fsp3) is 0.500. The van der Waals surface area contributed by atoms with Crippen molar-refractivity contribution in [3.8, 4) is 11.1 Å². The van der Waals surface area contributed by atoms with Gasteiger partial charge in [0.2, 0.25) is 17.7 Å². The summed E-state index contributed by atoms with van der Waals surface area (Å²) in [6, 6.07) is 13.6. The van der Waals surface area contributed by atoms with Crippen LogP contribution in [0.3, 0.4) is 0 Å². The van der Waals surface area contributed by atoms with Gasteiger partial charge in [0.25, 0.3) is 10.0 Å². The highest BCUT2D eigenvalue weighted by Gasteiger charge is 2.31. The van der Waals surface area contributed by atoms with Crippen LogP contribution in [0.1, 0.15) is 89.5 Å². The molecule has 2 amide bonds. The number of nitrogens with zero attached hydrogens (tertiary/aromatic N) is 2. The molecule has 0 aliphatic carbocycles. The second kappa shape index (κ2) is 16.4. The molecule has 0 aliphatic rings. The lowest BCUT2D eigenvalue weighted by atomic mass is 9.99. The summed E-state index contributed by atoms with van der Waals surface area (Å²) in [5, 5.41) is 6.88. The average Bonchev–Trinajstić information content (AvgIpc) is 3.31. The first-order chi connectivity index (χ1) is 21.0. The molecule has 0 spiro atoms. The van der Waals surface area contributed by atoms with Crippen LogP contribution < -0.4 is 10.0 Å². The molecule has 3 aromatic rings. The summed E-state index contributed by atoms with van der Waals surface area (Å²) in [5.41, 5.74) is 3.35. The molecule has 0 radical (unpaired) electrons. The zero-order valence-electron chi connectivity index (χ0n) is 27.0. The van der Waals surface area contributed by atoms with Crippen LogP contribution in [-0.4, -0.2) is 42.9 Å². The first-order valence-corrected chi connectivity index (χ1v) is 17.2. The van der Waals surface area contributed by atoms with Gasteiger partial charge >= 0.3 is 0 Å². The van der Waals surface area contributed by atoms with Crippen LogP contribution in [-0.2, 0) is 26.2 Å². The van der Waals surface area contributed by atoms with Crippen LogP contribution in [0.15, 0.2) is 57.9 Å². The Morgan fingerprint density at radius 2 is 1.61 bits per heavy atom. The van der Waals surface area contributed by atoms with Crippen molar-refractivity contribution < 1.29 is 22.5 Å². The van der Waals surface area contributed by atoms with Crippen molar-refractivity contribution in [3.05, 3.63) is 65.4 Å². The van der Waals surface area contributed by atoms with E-state index in [9.17, 15) is 18.0 Å². The third-order valence-corrected chi connectivity index (χ3v) is 9.23. The van der Waals surface area contributed by atoms with Gasteiger partial charge in [-0.05, 0) is 49.8 Å². The number of hydrogen-bond donors (Lipinski definition) is 2. The summed E-state index contributed by atoms with van der Waals surface area (Å²) in [6.45, 7) is 12.5. The van der Waals surface area contributed by atoms with Crippen molar-refractivity contribution in [1.29, 1.82) is 0 Å². The highest BCUT2D eigenvalue weighted by molar-refractivity contribution is 7.92. The van der Waals surface area contributed by atoms with E-state index in [0.29, 0.717) is 41.9 Å². The largest absolute Gasteiger partial charge is 0.350 e. The van der Waals surface area contributed by atoms with Crippen LogP contribution in [0.4, 0.5) is 5.88 Å². The van der Waals surface area contributed by atoms with Gasteiger partial charge in [-0.2, -0.15) is 0 Å². The first-order valence-electron chi connectivity index (χ1n) is 15.7. The summed E-state index contributed by atoms with van der Waals surface area (Å²) < 4.78 is 34.3. The van der Waals surface area contributed by atoms with Gasteiger partial charge in [0.15, 0.2) is 0 Å². The van der Waals surface area contributed by atoms with Crippen LogP contribution in [0.2, 0.25) is 0 Å². The Labute approximate surface area is 262 Å². The third kappa shape index (κ3) is 9.17. The van der Waals surface area contributed by atoms with Gasteiger partial charge in [0.05, 0.1) is 10.6 Å². The van der Waals surface area contributed by atoms with E-state index >= 15 is 0 Å². The molecule has 1 atom stereocenters. The van der Waals surface area contributed by atoms with Crippen LogP contribution in [0.5, 0.6) is 0 Å². The molecule has 10 heteroatoms. The molecule has 0 saturated carbocycles. The monoisotopic (exact) mass is 624 g/mol. The van der Waals surface area contributed by atoms with Gasteiger partial charge in [-0.1, -0.05) is 101 Å². The minimum atomic E-state index is -3.96. The standard InChI is InChI=1S/C34H48N4O5S/c1-7-9-11-14-22-38(31(39)17-10-8-2)32(24(3)4)33(40)35-23-27-18-20-28(21-19-27)29-15-12-13-16-30(29)44(41,42)37-34-25(5)26(6)36-43-34/h12-13,15-16,18-21,24,32,37H,7-11,14,17,22-23H2,1-6H3,(H,35,40)/t32-/m0/s1. The summed E-state index contributed by atoms with van der Waals surface area (Å²) >= 11 is 0. The molecule has 3 rings (SSSR count). The second-order valence-corrected chi connectivity index (χ2v) is 13.3. The minimum absolute atomic E-state index is 0.0363. The normalized spacial score (nSPS) is 12.2. The Morgan fingerprint density at radius 3 is 2.23 bits per heavy atom. The van der Waals surface area contributed by atoms with E-state index in [1.807, 2.05) is 38.1 Å². The molecular formula is C34H48N4O5S. The molecule has 1 heterocycles. The molecule has 240 valence electrons. The van der Waals surface area contributed by atoms with Crippen molar-refractivity contribution >= 4 is 27.7 Å².